The zero-order valence-corrected chi connectivity index (χ0v) is 78.4. The number of carboxylic acid groups (broad SMARTS) is 2. The lowest BCUT2D eigenvalue weighted by Gasteiger charge is -2.28. The van der Waals surface area contributed by atoms with E-state index < -0.39 is 81.5 Å². The number of carbonyl (C=O) groups excluding carboxylic acids is 5. The topological polar surface area (TPSA) is 460 Å². The zero-order chi connectivity index (χ0) is 96.2. The summed E-state index contributed by atoms with van der Waals surface area (Å²) in [4.78, 5) is 101. The summed E-state index contributed by atoms with van der Waals surface area (Å²) >= 11 is 4.64. The highest BCUT2D eigenvalue weighted by atomic mass is 32.1. The van der Waals surface area contributed by atoms with Crippen molar-refractivity contribution in [3.05, 3.63) is 375 Å². The fourth-order valence-electron chi connectivity index (χ4n) is 13.5. The van der Waals surface area contributed by atoms with Gasteiger partial charge in [-0.2, -0.15) is 0 Å². The van der Waals surface area contributed by atoms with Gasteiger partial charge in [0.2, 0.25) is 0 Å². The maximum Gasteiger partial charge on any atom is 0.348 e. The van der Waals surface area contributed by atoms with Crippen LogP contribution in [0.25, 0.3) is 0 Å². The third-order valence-electron chi connectivity index (χ3n) is 19.8. The smallest absolute Gasteiger partial charge is 0.348 e. The first-order valence-corrected chi connectivity index (χ1v) is 45.9. The number of carbonyl (C=O) groups is 7. The molecule has 4 heterocycles. The van der Waals surface area contributed by atoms with Crippen molar-refractivity contribution in [3.8, 4) is 0 Å². The van der Waals surface area contributed by atoms with Crippen molar-refractivity contribution in [1.29, 1.82) is 0 Å². The van der Waals surface area contributed by atoms with Crippen LogP contribution in [0.5, 0.6) is 0 Å². The van der Waals surface area contributed by atoms with Gasteiger partial charge in [-0.15, -0.1) is 45.3 Å². The van der Waals surface area contributed by atoms with Gasteiger partial charge < -0.3 is 84.2 Å². The lowest BCUT2D eigenvalue weighted by Crippen LogP contribution is -2.44. The maximum atomic E-state index is 13.2. The SMILES string of the molecule is CC(N)=NCCC[C@H](N)C(=O)OC(C)(C)C.CC(N)=NCCC[C@H](NC(=O)c1ccc(C(O)(c2ccccc2)c2ccccc2)s1)C(=O)OC(C)(C)C.CCOC(=O)c1ccc(C(O)(c2ccccc2)c2ccccc2)s1.NC(N)=NCCC[C@H](NC(=O)c1ccc(C(O)(c2ccccc2)c2ccccc2)s1)C(=O)O.O=C(O)c1ccc(C(O)(c2ccccc2)c2ccccc2)s1. The zero-order valence-electron chi connectivity index (χ0n) is 75.1. The highest BCUT2D eigenvalue weighted by molar-refractivity contribution is 7.15. The standard InChI is InChI=1S/C29H35N3O4S.C24H26N4O4S.C20H18O3S.C18H14O3S.C11H23N3O2/c1-20(30)31-19-11-16-23(27(34)36-28(2,3)4)32-26(33)24-17-18-25(37-24)29(35,21-12-7-5-8-13-21)22-14-9-6-10-15-22;25-23(26)27-15-7-12-18(22(30)31)28-21(29)19-13-14-20(33-19)24(32,16-8-3-1-4-9-16)17-10-5-2-6-11-17;1-2-23-19(21)17-13-14-18(24-17)20(22,15-9-5-3-6-10-15)16-11-7-4-8-12-16;19-17(20)15-11-12-16(22-15)18(21,13-7-3-1-4-8-13)14-9-5-2-6-10-14;1-8(12)14-7-5-6-9(13)10(15)16-11(2,3)4/h5-10,12-15,17-18,23,35H,11,16,19H2,1-4H3,(H2,30,31)(H,32,33);1-6,8-11,13-14,18,32H,7,12,15H2,(H,28,29)(H,30,31)(H4,25,26,27);3-14,22H,2H2,1H3;1-12,21H,(H,19,20);9H,5-7,13H2,1-4H3,(H2,12,14)/t23-;18-;;;9-/m00..0/s1. The second-order valence-electron chi connectivity index (χ2n) is 32.3. The quantitative estimate of drug-likeness (QED) is 0.00585. The number of carboxylic acids is 2. The van der Waals surface area contributed by atoms with E-state index in [1.54, 1.807) is 84.0 Å². The molecule has 0 aliphatic rings. The average molecular weight is 1870 g/mol. The lowest BCUT2D eigenvalue weighted by molar-refractivity contribution is -0.158. The summed E-state index contributed by atoms with van der Waals surface area (Å²) in [6, 6.07) is 85.4. The number of ether oxygens (including phenoxy) is 3. The molecule has 12 aromatic rings. The molecule has 3 atom stereocenters. The Labute approximate surface area is 785 Å². The number of aliphatic hydroxyl groups is 4. The molecule has 4 aromatic heterocycles. The first-order valence-electron chi connectivity index (χ1n) is 42.6. The van der Waals surface area contributed by atoms with E-state index in [4.69, 9.17) is 48.0 Å². The Balaban J connectivity index is 0.000000209. The van der Waals surface area contributed by atoms with Crippen molar-refractivity contribution in [1.82, 2.24) is 10.6 Å². The van der Waals surface area contributed by atoms with Crippen LogP contribution in [0.1, 0.15) is 204 Å². The van der Waals surface area contributed by atoms with Crippen LogP contribution >= 0.6 is 45.3 Å². The average Bonchev–Trinajstić information content (AvgIpc) is 1.53. The number of nitrogens with zero attached hydrogens (tertiary/aromatic N) is 3. The molecular weight excluding hydrogens is 1750 g/mol. The lowest BCUT2D eigenvalue weighted by atomic mass is 9.85. The second-order valence-corrected chi connectivity index (χ2v) is 36.6. The van der Waals surface area contributed by atoms with Crippen LogP contribution in [0.2, 0.25) is 0 Å². The van der Waals surface area contributed by atoms with Crippen LogP contribution in [-0.2, 0) is 51.0 Å². The van der Waals surface area contributed by atoms with E-state index in [1.807, 2.05) is 263 Å². The number of guanidine groups is 1. The third-order valence-corrected chi connectivity index (χ3v) is 24.6. The molecule has 12 rings (SSSR count). The van der Waals surface area contributed by atoms with Gasteiger partial charge in [0.25, 0.3) is 11.8 Å². The molecule has 0 aliphatic carbocycles. The molecule has 0 spiro atoms. The predicted molar refractivity (Wildman–Crippen MR) is 523 cm³/mol. The van der Waals surface area contributed by atoms with Crippen LogP contribution in [0.3, 0.4) is 0 Å². The molecule has 8 aromatic carbocycles. The molecule has 0 unspecified atom stereocenters. The van der Waals surface area contributed by atoms with Gasteiger partial charge in [0.1, 0.15) is 61.5 Å². The van der Waals surface area contributed by atoms with Gasteiger partial charge in [0.15, 0.2) is 5.96 Å². The number of hydrogen-bond acceptors (Lipinski definition) is 22. The molecule has 0 bridgehead atoms. The van der Waals surface area contributed by atoms with Gasteiger partial charge in [0.05, 0.1) is 28.0 Å². The van der Waals surface area contributed by atoms with E-state index in [1.165, 1.54) is 28.7 Å². The summed E-state index contributed by atoms with van der Waals surface area (Å²) in [5, 5.41) is 70.8. The number of rotatable bonds is 34. The van der Waals surface area contributed by atoms with Crippen molar-refractivity contribution >= 4 is 105 Å². The summed E-state index contributed by atoms with van der Waals surface area (Å²) in [7, 11) is 0. The molecule has 0 saturated carbocycles. The van der Waals surface area contributed by atoms with Crippen LogP contribution in [0.4, 0.5) is 0 Å². The molecule has 132 heavy (non-hydrogen) atoms. The van der Waals surface area contributed by atoms with Gasteiger partial charge in [0, 0.05) is 39.1 Å². The van der Waals surface area contributed by atoms with E-state index in [9.17, 15) is 59.1 Å². The Bertz CT molecular complexity index is 5580. The van der Waals surface area contributed by atoms with E-state index >= 15 is 0 Å². The van der Waals surface area contributed by atoms with Gasteiger partial charge >= 0.3 is 29.8 Å². The highest BCUT2D eigenvalue weighted by Crippen LogP contribution is 2.45. The number of amidine groups is 2. The maximum absolute atomic E-state index is 13.2. The molecule has 0 aliphatic heterocycles. The Morgan fingerprint density at radius 2 is 0.614 bits per heavy atom. The molecular formula is C102H116N10O16S4. The number of aliphatic imine (C=N–C) groups is 3. The van der Waals surface area contributed by atoms with Gasteiger partial charge in [-0.3, -0.25) is 29.4 Å². The summed E-state index contributed by atoms with van der Waals surface area (Å²) < 4.78 is 15.7. The third kappa shape index (κ3) is 29.9. The van der Waals surface area contributed by atoms with Gasteiger partial charge in [-0.1, -0.05) is 243 Å². The van der Waals surface area contributed by atoms with Crippen LogP contribution in [0, 0.1) is 0 Å². The number of amides is 2. The Hall–Kier alpha value is -13.1. The number of nitrogens with one attached hydrogen (secondary N) is 2. The number of hydrogen-bond donors (Lipinski definition) is 13. The number of esters is 3. The Morgan fingerprint density at radius 1 is 0.356 bits per heavy atom. The summed E-state index contributed by atoms with van der Waals surface area (Å²) in [5.41, 5.74) is 26.1. The Kier molecular flexibility index (Phi) is 39.3. The summed E-state index contributed by atoms with van der Waals surface area (Å²) in [6.45, 7) is 17.7. The second kappa shape index (κ2) is 49.8. The minimum atomic E-state index is -1.46. The largest absolute Gasteiger partial charge is 0.480 e. The number of aromatic carboxylic acids is 1. The fraction of sp³-hybridized carbons (Fsp3) is 0.275. The monoisotopic (exact) mass is 1860 g/mol. The van der Waals surface area contributed by atoms with Crippen molar-refractivity contribution in [3.63, 3.8) is 0 Å². The number of benzene rings is 8. The number of thiophene rings is 4. The van der Waals surface area contributed by atoms with E-state index in [0.29, 0.717) is 125 Å². The van der Waals surface area contributed by atoms with Crippen LogP contribution in [0.15, 0.2) is 306 Å². The van der Waals surface area contributed by atoms with Gasteiger partial charge in [-0.05, 0) is 194 Å². The van der Waals surface area contributed by atoms with Gasteiger partial charge in [-0.25, -0.2) is 19.2 Å². The molecule has 0 fully saturated rings. The number of nitrogens with two attached hydrogens (primary N) is 5. The van der Waals surface area contributed by atoms with Crippen molar-refractivity contribution in [2.24, 2.45) is 43.6 Å². The molecule has 30 heteroatoms. The molecule has 0 saturated heterocycles. The highest BCUT2D eigenvalue weighted by Gasteiger charge is 2.41. The normalized spacial score (nSPS) is 12.4. The summed E-state index contributed by atoms with van der Waals surface area (Å²) in [6.07, 6.45) is 2.77. The predicted octanol–water partition coefficient (Wildman–Crippen LogP) is 15.7. The first-order chi connectivity index (χ1) is 62.8. The van der Waals surface area contributed by atoms with E-state index in [0.717, 1.165) is 40.2 Å². The van der Waals surface area contributed by atoms with Crippen molar-refractivity contribution in [2.75, 3.05) is 26.2 Å². The number of aliphatic carboxylic acids is 1. The van der Waals surface area contributed by atoms with Crippen LogP contribution < -0.4 is 39.3 Å². The molecule has 18 N–H and O–H groups in total. The molecule has 0 radical (unpaired) electrons. The Morgan fingerprint density at radius 3 is 0.886 bits per heavy atom. The van der Waals surface area contributed by atoms with Crippen molar-refractivity contribution in [2.45, 2.75) is 153 Å². The minimum absolute atomic E-state index is 0.0682. The first kappa shape index (κ1) is 104. The van der Waals surface area contributed by atoms with E-state index in [2.05, 4.69) is 25.6 Å². The van der Waals surface area contributed by atoms with Crippen molar-refractivity contribution < 1.29 is 78.4 Å². The molecule has 2 amide bonds. The van der Waals surface area contributed by atoms with E-state index in [-0.39, 0.29) is 35.7 Å². The minimum Gasteiger partial charge on any atom is -0.480 e. The molecule has 694 valence electrons. The van der Waals surface area contributed by atoms with Crippen LogP contribution in [-0.4, -0.2) is 145 Å². The fourth-order valence-corrected chi connectivity index (χ4v) is 17.6. The summed E-state index contributed by atoms with van der Waals surface area (Å²) in [5.74, 6) is -3.34. The molecule has 26 nitrogen and oxygen atoms in total.